The molecule has 18 heavy (non-hydrogen) atoms. The minimum atomic E-state index is 0.392. The van der Waals surface area contributed by atoms with Gasteiger partial charge in [0.25, 0.3) is 0 Å². The van der Waals surface area contributed by atoms with E-state index in [4.69, 9.17) is 9.47 Å². The minimum Gasteiger partial charge on any atom is -0.493 e. The van der Waals surface area contributed by atoms with Gasteiger partial charge in [-0.1, -0.05) is 18.2 Å². The molecule has 2 heterocycles. The van der Waals surface area contributed by atoms with Gasteiger partial charge in [-0.15, -0.1) is 0 Å². The summed E-state index contributed by atoms with van der Waals surface area (Å²) in [6, 6.07) is 8.97. The summed E-state index contributed by atoms with van der Waals surface area (Å²) in [5, 5.41) is 3.67. The van der Waals surface area contributed by atoms with Crippen LogP contribution in [0.4, 0.5) is 0 Å². The highest BCUT2D eigenvalue weighted by molar-refractivity contribution is 5.39. The van der Waals surface area contributed by atoms with Crippen molar-refractivity contribution in [3.63, 3.8) is 0 Å². The summed E-state index contributed by atoms with van der Waals surface area (Å²) >= 11 is 0. The molecule has 1 aromatic rings. The highest BCUT2D eigenvalue weighted by Crippen LogP contribution is 2.33. The third-order valence-corrected chi connectivity index (χ3v) is 3.94. The normalized spacial score (nSPS) is 30.8. The van der Waals surface area contributed by atoms with Gasteiger partial charge >= 0.3 is 0 Å². The first-order valence-electron chi connectivity index (χ1n) is 6.89. The summed E-state index contributed by atoms with van der Waals surface area (Å²) in [5.41, 5.74) is 1.35. The summed E-state index contributed by atoms with van der Waals surface area (Å²) in [6.07, 6.45) is 2.64. The van der Waals surface area contributed by atoms with Crippen LogP contribution in [-0.2, 0) is 4.74 Å². The molecule has 0 spiro atoms. The topological polar surface area (TPSA) is 30.5 Å². The molecule has 0 saturated carbocycles. The number of para-hydroxylation sites is 1. The molecule has 3 heteroatoms. The largest absolute Gasteiger partial charge is 0.493 e. The fourth-order valence-electron chi connectivity index (χ4n) is 2.89. The van der Waals surface area contributed by atoms with E-state index in [1.807, 2.05) is 6.07 Å². The number of rotatable bonds is 3. The number of hydrogen-bond acceptors (Lipinski definition) is 3. The van der Waals surface area contributed by atoms with Gasteiger partial charge in [-0.05, 0) is 25.8 Å². The lowest BCUT2D eigenvalue weighted by Crippen LogP contribution is -2.40. The number of ether oxygens (including phenoxy) is 2. The molecule has 0 bridgehead atoms. The number of nitrogens with one attached hydrogen (secondary N) is 1. The fourth-order valence-corrected chi connectivity index (χ4v) is 2.89. The molecular weight excluding hydrogens is 226 g/mol. The maximum absolute atomic E-state index is 5.71. The smallest absolute Gasteiger partial charge is 0.122 e. The first-order valence-corrected chi connectivity index (χ1v) is 6.89. The Kier molecular flexibility index (Phi) is 3.52. The van der Waals surface area contributed by atoms with Crippen LogP contribution < -0.4 is 10.1 Å². The molecule has 1 fully saturated rings. The molecule has 1 aromatic carbocycles. The van der Waals surface area contributed by atoms with Gasteiger partial charge in [-0.2, -0.15) is 0 Å². The average Bonchev–Trinajstić information content (AvgIpc) is 2.80. The second kappa shape index (κ2) is 5.29. The van der Waals surface area contributed by atoms with Crippen molar-refractivity contribution >= 4 is 0 Å². The van der Waals surface area contributed by atoms with Crippen molar-refractivity contribution in [2.24, 2.45) is 0 Å². The van der Waals surface area contributed by atoms with Gasteiger partial charge in [0.1, 0.15) is 5.75 Å². The van der Waals surface area contributed by atoms with E-state index in [2.05, 4.69) is 30.4 Å². The Morgan fingerprint density at radius 3 is 3.11 bits per heavy atom. The van der Waals surface area contributed by atoms with Gasteiger partial charge in [0.05, 0.1) is 12.7 Å². The lowest BCUT2D eigenvalue weighted by Gasteiger charge is -2.28. The van der Waals surface area contributed by atoms with Gasteiger partial charge in [0, 0.05) is 30.7 Å². The standard InChI is InChI=1S/C15H21NO2/c1-11-8-13(6-7-17-11)16-9-12-10-18-15-5-3-2-4-14(12)15/h2-5,11-13,16H,6-10H2,1H3. The Bertz CT molecular complexity index is 407. The summed E-state index contributed by atoms with van der Waals surface area (Å²) in [5.74, 6) is 1.56. The van der Waals surface area contributed by atoms with Crippen LogP contribution >= 0.6 is 0 Å². The maximum Gasteiger partial charge on any atom is 0.122 e. The van der Waals surface area contributed by atoms with E-state index in [1.165, 1.54) is 5.56 Å². The molecule has 98 valence electrons. The van der Waals surface area contributed by atoms with Crippen LogP contribution in [-0.4, -0.2) is 31.9 Å². The third kappa shape index (κ3) is 2.52. The molecule has 3 nitrogen and oxygen atoms in total. The monoisotopic (exact) mass is 247 g/mol. The highest BCUT2D eigenvalue weighted by atomic mass is 16.5. The van der Waals surface area contributed by atoms with E-state index in [0.29, 0.717) is 18.1 Å². The Morgan fingerprint density at radius 1 is 1.33 bits per heavy atom. The summed E-state index contributed by atoms with van der Waals surface area (Å²) in [6.45, 7) is 4.86. The second-order valence-electron chi connectivity index (χ2n) is 5.36. The van der Waals surface area contributed by atoms with Gasteiger partial charge in [-0.3, -0.25) is 0 Å². The molecule has 3 unspecified atom stereocenters. The van der Waals surface area contributed by atoms with Crippen LogP contribution in [0.2, 0.25) is 0 Å². The molecule has 1 saturated heterocycles. The Hall–Kier alpha value is -1.06. The fraction of sp³-hybridized carbons (Fsp3) is 0.600. The Balaban J connectivity index is 1.55. The summed E-state index contributed by atoms with van der Waals surface area (Å²) in [4.78, 5) is 0. The molecule has 0 radical (unpaired) electrons. The van der Waals surface area contributed by atoms with E-state index in [1.54, 1.807) is 0 Å². The van der Waals surface area contributed by atoms with Gasteiger partial charge in [0.2, 0.25) is 0 Å². The Morgan fingerprint density at radius 2 is 2.22 bits per heavy atom. The second-order valence-corrected chi connectivity index (χ2v) is 5.36. The van der Waals surface area contributed by atoms with Gasteiger partial charge in [-0.25, -0.2) is 0 Å². The Labute approximate surface area is 108 Å². The van der Waals surface area contributed by atoms with Crippen LogP contribution in [0.3, 0.4) is 0 Å². The van der Waals surface area contributed by atoms with Crippen molar-refractivity contribution in [2.45, 2.75) is 37.8 Å². The van der Waals surface area contributed by atoms with E-state index < -0.39 is 0 Å². The lowest BCUT2D eigenvalue weighted by molar-refractivity contribution is 0.0131. The van der Waals surface area contributed by atoms with Crippen molar-refractivity contribution < 1.29 is 9.47 Å². The van der Waals surface area contributed by atoms with E-state index in [-0.39, 0.29) is 0 Å². The van der Waals surface area contributed by atoms with Crippen LogP contribution in [0.15, 0.2) is 24.3 Å². The first kappa shape index (κ1) is 12.0. The van der Waals surface area contributed by atoms with Gasteiger partial charge < -0.3 is 14.8 Å². The number of hydrogen-bond donors (Lipinski definition) is 1. The molecule has 0 aromatic heterocycles. The zero-order valence-electron chi connectivity index (χ0n) is 10.9. The summed E-state index contributed by atoms with van der Waals surface area (Å²) in [7, 11) is 0. The SMILES string of the molecule is CC1CC(NCC2COc3ccccc32)CCO1. The van der Waals surface area contributed by atoms with Crippen molar-refractivity contribution in [1.82, 2.24) is 5.32 Å². The van der Waals surface area contributed by atoms with Crippen molar-refractivity contribution in [2.75, 3.05) is 19.8 Å². The zero-order chi connectivity index (χ0) is 12.4. The van der Waals surface area contributed by atoms with Crippen LogP contribution in [0.1, 0.15) is 31.2 Å². The predicted octanol–water partition coefficient (Wildman–Crippen LogP) is 2.32. The molecule has 0 aliphatic carbocycles. The summed E-state index contributed by atoms with van der Waals surface area (Å²) < 4.78 is 11.3. The number of benzene rings is 1. The predicted molar refractivity (Wildman–Crippen MR) is 71.1 cm³/mol. The van der Waals surface area contributed by atoms with Crippen LogP contribution in [0.5, 0.6) is 5.75 Å². The molecule has 2 aliphatic heterocycles. The maximum atomic E-state index is 5.71. The van der Waals surface area contributed by atoms with Crippen LogP contribution in [0.25, 0.3) is 0 Å². The van der Waals surface area contributed by atoms with E-state index >= 15 is 0 Å². The van der Waals surface area contributed by atoms with E-state index in [0.717, 1.165) is 38.3 Å². The first-order chi connectivity index (χ1) is 8.83. The molecule has 0 amide bonds. The van der Waals surface area contributed by atoms with Gasteiger partial charge in [0.15, 0.2) is 0 Å². The molecule has 2 aliphatic rings. The zero-order valence-corrected chi connectivity index (χ0v) is 10.9. The van der Waals surface area contributed by atoms with Crippen molar-refractivity contribution in [1.29, 1.82) is 0 Å². The molecule has 1 N–H and O–H groups in total. The van der Waals surface area contributed by atoms with Crippen LogP contribution in [0, 0.1) is 0 Å². The van der Waals surface area contributed by atoms with E-state index in [9.17, 15) is 0 Å². The molecule has 3 rings (SSSR count). The van der Waals surface area contributed by atoms with Crippen molar-refractivity contribution in [3.8, 4) is 5.75 Å². The molecule has 3 atom stereocenters. The average molecular weight is 247 g/mol. The third-order valence-electron chi connectivity index (χ3n) is 3.94. The molecular formula is C15H21NO2. The van der Waals surface area contributed by atoms with Crippen molar-refractivity contribution in [3.05, 3.63) is 29.8 Å². The lowest BCUT2D eigenvalue weighted by atomic mass is 9.99. The minimum absolute atomic E-state index is 0.392. The quantitative estimate of drug-likeness (QED) is 0.889. The highest BCUT2D eigenvalue weighted by Gasteiger charge is 2.25. The number of fused-ring (bicyclic) bond motifs is 1.